The molecule has 1 aromatic heterocycles. The standard InChI is InChI=1S/C12H16N2O2S/c15-12(11-8-13-4-5-14-11)6-9-2-1-3-10(7-12)17(9)16/h4-5,8-10,15H,1-3,6-7H2. The van der Waals surface area contributed by atoms with E-state index >= 15 is 0 Å². The molecule has 2 atom stereocenters. The first-order valence-electron chi connectivity index (χ1n) is 6.07. The van der Waals surface area contributed by atoms with E-state index in [1.54, 1.807) is 18.6 Å². The van der Waals surface area contributed by atoms with Gasteiger partial charge in [0.25, 0.3) is 0 Å². The number of aromatic nitrogens is 2. The summed E-state index contributed by atoms with van der Waals surface area (Å²) in [5, 5.41) is 11.0. The van der Waals surface area contributed by atoms with Crippen LogP contribution in [0.1, 0.15) is 37.8 Å². The highest BCUT2D eigenvalue weighted by Crippen LogP contribution is 2.43. The summed E-state index contributed by atoms with van der Waals surface area (Å²) in [4.78, 5) is 8.23. The van der Waals surface area contributed by atoms with E-state index in [2.05, 4.69) is 9.97 Å². The predicted octanol–water partition coefficient (Wildman–Crippen LogP) is 1.13. The summed E-state index contributed by atoms with van der Waals surface area (Å²) in [6.07, 6.45) is 9.03. The maximum atomic E-state index is 12.1. The van der Waals surface area contributed by atoms with Crippen molar-refractivity contribution in [2.75, 3.05) is 0 Å². The number of hydrogen-bond donors (Lipinski definition) is 1. The molecule has 17 heavy (non-hydrogen) atoms. The van der Waals surface area contributed by atoms with Gasteiger partial charge >= 0.3 is 0 Å². The van der Waals surface area contributed by atoms with Gasteiger partial charge < -0.3 is 5.11 Å². The Hall–Kier alpha value is -0.810. The monoisotopic (exact) mass is 252 g/mol. The molecule has 2 unspecified atom stereocenters. The van der Waals surface area contributed by atoms with Gasteiger partial charge in [0.05, 0.1) is 11.9 Å². The average molecular weight is 252 g/mol. The Bertz CT molecular complexity index is 421. The molecule has 0 amide bonds. The van der Waals surface area contributed by atoms with E-state index in [0.717, 1.165) is 19.3 Å². The van der Waals surface area contributed by atoms with Crippen molar-refractivity contribution < 1.29 is 9.32 Å². The molecule has 2 aliphatic heterocycles. The first kappa shape index (κ1) is 11.3. The highest BCUT2D eigenvalue weighted by atomic mass is 32.2. The minimum atomic E-state index is -0.919. The molecule has 2 aliphatic rings. The van der Waals surface area contributed by atoms with Crippen molar-refractivity contribution >= 4 is 10.8 Å². The van der Waals surface area contributed by atoms with Crippen LogP contribution in [0.3, 0.4) is 0 Å². The van der Waals surface area contributed by atoms with Crippen LogP contribution in [0.15, 0.2) is 18.6 Å². The summed E-state index contributed by atoms with van der Waals surface area (Å²) in [5.74, 6) is 0. The van der Waals surface area contributed by atoms with E-state index in [9.17, 15) is 9.32 Å². The van der Waals surface area contributed by atoms with Gasteiger partial charge in [0.2, 0.25) is 0 Å². The summed E-state index contributed by atoms with van der Waals surface area (Å²) >= 11 is 0. The Labute approximate surface area is 103 Å². The SMILES string of the molecule is O=S1C2CCCC1CC(O)(c1cnccn1)C2. The number of nitrogens with zero attached hydrogens (tertiary/aromatic N) is 2. The summed E-state index contributed by atoms with van der Waals surface area (Å²) in [5.41, 5.74) is -0.286. The molecule has 5 heteroatoms. The van der Waals surface area contributed by atoms with Crippen LogP contribution >= 0.6 is 0 Å². The van der Waals surface area contributed by atoms with Gasteiger partial charge in [-0.1, -0.05) is 6.42 Å². The van der Waals surface area contributed by atoms with Crippen LogP contribution < -0.4 is 0 Å². The lowest BCUT2D eigenvalue weighted by molar-refractivity contribution is 0.00214. The normalized spacial score (nSPS) is 41.1. The van der Waals surface area contributed by atoms with E-state index < -0.39 is 16.4 Å². The van der Waals surface area contributed by atoms with Gasteiger partial charge in [-0.15, -0.1) is 0 Å². The molecule has 3 rings (SSSR count). The van der Waals surface area contributed by atoms with E-state index in [1.807, 2.05) is 0 Å². The van der Waals surface area contributed by atoms with Crippen LogP contribution in [0.2, 0.25) is 0 Å². The van der Waals surface area contributed by atoms with Crippen molar-refractivity contribution in [1.82, 2.24) is 9.97 Å². The lowest BCUT2D eigenvalue weighted by Crippen LogP contribution is -2.47. The fourth-order valence-corrected chi connectivity index (χ4v) is 5.25. The Morgan fingerprint density at radius 2 is 2.00 bits per heavy atom. The van der Waals surface area contributed by atoms with Crippen LogP contribution in [0.4, 0.5) is 0 Å². The maximum absolute atomic E-state index is 12.1. The first-order valence-corrected chi connectivity index (χ1v) is 7.35. The molecule has 1 aromatic rings. The van der Waals surface area contributed by atoms with Crippen LogP contribution in [0, 0.1) is 0 Å². The van der Waals surface area contributed by atoms with Crippen LogP contribution in [0.5, 0.6) is 0 Å². The fourth-order valence-electron chi connectivity index (χ4n) is 3.03. The maximum Gasteiger partial charge on any atom is 0.110 e. The van der Waals surface area contributed by atoms with E-state index in [4.69, 9.17) is 0 Å². The first-order chi connectivity index (χ1) is 8.19. The molecular weight excluding hydrogens is 236 g/mol. The molecule has 3 heterocycles. The Kier molecular flexibility index (Phi) is 2.75. The van der Waals surface area contributed by atoms with Gasteiger partial charge in [-0.2, -0.15) is 0 Å². The number of aliphatic hydroxyl groups is 1. The second-order valence-electron chi connectivity index (χ2n) is 5.03. The van der Waals surface area contributed by atoms with E-state index in [1.165, 1.54) is 0 Å². The molecule has 0 aliphatic carbocycles. The Balaban J connectivity index is 1.92. The Morgan fingerprint density at radius 1 is 1.29 bits per heavy atom. The minimum absolute atomic E-state index is 0.134. The topological polar surface area (TPSA) is 63.1 Å². The molecule has 1 N–H and O–H groups in total. The lowest BCUT2D eigenvalue weighted by Gasteiger charge is -2.42. The van der Waals surface area contributed by atoms with Crippen molar-refractivity contribution in [2.45, 2.75) is 48.2 Å². The molecule has 0 radical (unpaired) electrons. The molecule has 4 nitrogen and oxygen atoms in total. The van der Waals surface area contributed by atoms with Crippen molar-refractivity contribution in [1.29, 1.82) is 0 Å². The predicted molar refractivity (Wildman–Crippen MR) is 64.7 cm³/mol. The third-order valence-electron chi connectivity index (χ3n) is 3.88. The minimum Gasteiger partial charge on any atom is -0.383 e. The zero-order chi connectivity index (χ0) is 11.9. The van der Waals surface area contributed by atoms with Crippen LogP contribution in [-0.4, -0.2) is 29.8 Å². The zero-order valence-corrected chi connectivity index (χ0v) is 10.4. The summed E-state index contributed by atoms with van der Waals surface area (Å²) < 4.78 is 12.1. The van der Waals surface area contributed by atoms with Crippen molar-refractivity contribution in [3.05, 3.63) is 24.3 Å². The summed E-state index contributed by atoms with van der Waals surface area (Å²) in [6, 6.07) is 0. The smallest absolute Gasteiger partial charge is 0.110 e. The second kappa shape index (κ2) is 4.14. The third kappa shape index (κ3) is 1.91. The number of hydrogen-bond acceptors (Lipinski definition) is 4. The summed E-state index contributed by atoms with van der Waals surface area (Å²) in [7, 11) is -0.765. The van der Waals surface area contributed by atoms with Gasteiger partial charge in [-0.25, -0.2) is 0 Å². The van der Waals surface area contributed by atoms with Crippen LogP contribution in [0.25, 0.3) is 0 Å². The zero-order valence-electron chi connectivity index (χ0n) is 9.58. The largest absolute Gasteiger partial charge is 0.383 e. The fraction of sp³-hybridized carbons (Fsp3) is 0.667. The lowest BCUT2D eigenvalue weighted by atomic mass is 9.83. The second-order valence-corrected chi connectivity index (χ2v) is 7.02. The van der Waals surface area contributed by atoms with E-state index in [-0.39, 0.29) is 10.5 Å². The quantitative estimate of drug-likeness (QED) is 0.813. The number of fused-ring (bicyclic) bond motifs is 2. The molecule has 0 saturated carbocycles. The molecule has 2 fully saturated rings. The molecular formula is C12H16N2O2S. The molecule has 0 spiro atoms. The third-order valence-corrected chi connectivity index (χ3v) is 6.00. The van der Waals surface area contributed by atoms with Crippen molar-refractivity contribution in [2.24, 2.45) is 0 Å². The van der Waals surface area contributed by atoms with E-state index in [0.29, 0.717) is 18.5 Å². The Morgan fingerprint density at radius 3 is 2.59 bits per heavy atom. The summed E-state index contributed by atoms with van der Waals surface area (Å²) in [6.45, 7) is 0. The van der Waals surface area contributed by atoms with Gasteiger partial charge in [0.1, 0.15) is 5.60 Å². The van der Waals surface area contributed by atoms with Gasteiger partial charge in [0.15, 0.2) is 0 Å². The highest BCUT2D eigenvalue weighted by molar-refractivity contribution is 7.86. The van der Waals surface area contributed by atoms with Crippen molar-refractivity contribution in [3.63, 3.8) is 0 Å². The number of rotatable bonds is 1. The molecule has 92 valence electrons. The van der Waals surface area contributed by atoms with Crippen molar-refractivity contribution in [3.8, 4) is 0 Å². The molecule has 0 aromatic carbocycles. The molecule has 2 bridgehead atoms. The van der Waals surface area contributed by atoms with Crippen LogP contribution in [-0.2, 0) is 16.4 Å². The highest BCUT2D eigenvalue weighted by Gasteiger charge is 2.47. The van der Waals surface area contributed by atoms with Gasteiger partial charge in [-0.05, 0) is 25.7 Å². The van der Waals surface area contributed by atoms with Gasteiger partial charge in [0, 0.05) is 33.7 Å². The average Bonchev–Trinajstić information content (AvgIpc) is 2.33. The van der Waals surface area contributed by atoms with Gasteiger partial charge in [-0.3, -0.25) is 14.2 Å². The molecule has 2 saturated heterocycles.